The van der Waals surface area contributed by atoms with Crippen LogP contribution >= 0.6 is 11.3 Å². The van der Waals surface area contributed by atoms with Crippen molar-refractivity contribution in [1.82, 2.24) is 4.98 Å². The van der Waals surface area contributed by atoms with Gasteiger partial charge in [0.2, 0.25) is 5.91 Å². The Morgan fingerprint density at radius 3 is 2.75 bits per heavy atom. The van der Waals surface area contributed by atoms with E-state index in [2.05, 4.69) is 10.3 Å². The highest BCUT2D eigenvalue weighted by Crippen LogP contribution is 2.30. The van der Waals surface area contributed by atoms with Crippen LogP contribution in [0.1, 0.15) is 35.4 Å². The lowest BCUT2D eigenvalue weighted by Crippen LogP contribution is -2.14. The van der Waals surface area contributed by atoms with Crippen LogP contribution in [0.2, 0.25) is 0 Å². The van der Waals surface area contributed by atoms with Crippen LogP contribution in [0.3, 0.4) is 0 Å². The van der Waals surface area contributed by atoms with Gasteiger partial charge in [-0.05, 0) is 43.4 Å². The fourth-order valence-electron chi connectivity index (χ4n) is 2.92. The number of amides is 1. The SMILES string of the molecule is COc1ccc(CC(=O)Nc2nc3c(s2)CCCCC3)cc1OC. The Kier molecular flexibility index (Phi) is 5.35. The molecule has 1 aromatic carbocycles. The largest absolute Gasteiger partial charge is 0.493 e. The highest BCUT2D eigenvalue weighted by atomic mass is 32.1. The number of nitrogens with one attached hydrogen (secondary N) is 1. The summed E-state index contributed by atoms with van der Waals surface area (Å²) in [7, 11) is 3.18. The van der Waals surface area contributed by atoms with Gasteiger partial charge in [-0.15, -0.1) is 11.3 Å². The van der Waals surface area contributed by atoms with Gasteiger partial charge in [-0.1, -0.05) is 12.5 Å². The molecule has 5 nitrogen and oxygen atoms in total. The number of aromatic nitrogens is 1. The van der Waals surface area contributed by atoms with Crippen molar-refractivity contribution in [2.75, 3.05) is 19.5 Å². The molecule has 2 aromatic rings. The molecule has 0 bridgehead atoms. The molecule has 24 heavy (non-hydrogen) atoms. The van der Waals surface area contributed by atoms with E-state index in [1.165, 1.54) is 29.8 Å². The van der Waals surface area contributed by atoms with Crippen molar-refractivity contribution in [2.45, 2.75) is 38.5 Å². The molecule has 0 spiro atoms. The first kappa shape index (κ1) is 16.8. The van der Waals surface area contributed by atoms with E-state index in [0.29, 0.717) is 16.6 Å². The van der Waals surface area contributed by atoms with Crippen molar-refractivity contribution in [2.24, 2.45) is 0 Å². The number of carbonyl (C=O) groups excluding carboxylic acids is 1. The Morgan fingerprint density at radius 1 is 1.17 bits per heavy atom. The van der Waals surface area contributed by atoms with E-state index in [4.69, 9.17) is 9.47 Å². The third-order valence-electron chi connectivity index (χ3n) is 4.15. The van der Waals surface area contributed by atoms with Crippen molar-refractivity contribution >= 4 is 22.4 Å². The molecule has 0 atom stereocenters. The number of anilines is 1. The van der Waals surface area contributed by atoms with Crippen molar-refractivity contribution in [3.05, 3.63) is 34.3 Å². The van der Waals surface area contributed by atoms with Crippen LogP contribution in [-0.4, -0.2) is 25.1 Å². The number of nitrogens with zero attached hydrogens (tertiary/aromatic N) is 1. The summed E-state index contributed by atoms with van der Waals surface area (Å²) in [6, 6.07) is 5.51. The van der Waals surface area contributed by atoms with Gasteiger partial charge in [-0.25, -0.2) is 4.98 Å². The minimum absolute atomic E-state index is 0.0638. The quantitative estimate of drug-likeness (QED) is 0.840. The van der Waals surface area contributed by atoms with Crippen molar-refractivity contribution in [3.8, 4) is 11.5 Å². The second-order valence-corrected chi connectivity index (χ2v) is 6.95. The molecule has 0 saturated heterocycles. The first-order chi connectivity index (χ1) is 11.7. The van der Waals surface area contributed by atoms with Crippen LogP contribution in [0.4, 0.5) is 5.13 Å². The molecule has 0 fully saturated rings. The highest BCUT2D eigenvalue weighted by molar-refractivity contribution is 7.15. The van der Waals surface area contributed by atoms with Gasteiger partial charge in [0, 0.05) is 4.88 Å². The second-order valence-electron chi connectivity index (χ2n) is 5.86. The number of fused-ring (bicyclic) bond motifs is 1. The first-order valence-electron chi connectivity index (χ1n) is 8.19. The van der Waals surface area contributed by atoms with Crippen molar-refractivity contribution in [1.29, 1.82) is 0 Å². The Balaban J connectivity index is 1.65. The fraction of sp³-hybridized carbons (Fsp3) is 0.444. The summed E-state index contributed by atoms with van der Waals surface area (Å²) in [5, 5.41) is 3.65. The summed E-state index contributed by atoms with van der Waals surface area (Å²) in [5.74, 6) is 1.22. The Labute approximate surface area is 146 Å². The van der Waals surface area contributed by atoms with Crippen LogP contribution in [0, 0.1) is 0 Å². The summed E-state index contributed by atoms with van der Waals surface area (Å²) in [6.45, 7) is 0. The lowest BCUT2D eigenvalue weighted by Gasteiger charge is -2.09. The summed E-state index contributed by atoms with van der Waals surface area (Å²) in [5.41, 5.74) is 2.04. The number of thiazole rings is 1. The maximum atomic E-state index is 12.3. The molecule has 128 valence electrons. The third-order valence-corrected chi connectivity index (χ3v) is 5.23. The molecule has 1 aliphatic carbocycles. The van der Waals surface area contributed by atoms with Gasteiger partial charge >= 0.3 is 0 Å². The molecule has 0 radical (unpaired) electrons. The van der Waals surface area contributed by atoms with Gasteiger partial charge < -0.3 is 14.8 Å². The van der Waals surface area contributed by atoms with Gasteiger partial charge in [0.15, 0.2) is 16.6 Å². The van der Waals surface area contributed by atoms with Crippen molar-refractivity contribution < 1.29 is 14.3 Å². The maximum absolute atomic E-state index is 12.3. The van der Waals surface area contributed by atoms with E-state index in [1.807, 2.05) is 18.2 Å². The van der Waals surface area contributed by atoms with E-state index in [9.17, 15) is 4.79 Å². The third kappa shape index (κ3) is 3.87. The van der Waals surface area contributed by atoms with E-state index in [-0.39, 0.29) is 12.3 Å². The Bertz CT molecular complexity index is 704. The van der Waals surface area contributed by atoms with Gasteiger partial charge in [0.25, 0.3) is 0 Å². The molecule has 1 heterocycles. The Morgan fingerprint density at radius 2 is 1.96 bits per heavy atom. The lowest BCUT2D eigenvalue weighted by atomic mass is 10.1. The molecular formula is C18H22N2O3S. The number of hydrogen-bond acceptors (Lipinski definition) is 5. The number of carbonyl (C=O) groups is 1. The number of benzene rings is 1. The number of hydrogen-bond donors (Lipinski definition) is 1. The van der Waals surface area contributed by atoms with Crippen LogP contribution in [-0.2, 0) is 24.1 Å². The van der Waals surface area contributed by atoms with Crippen molar-refractivity contribution in [3.63, 3.8) is 0 Å². The lowest BCUT2D eigenvalue weighted by molar-refractivity contribution is -0.115. The number of ether oxygens (including phenoxy) is 2. The first-order valence-corrected chi connectivity index (χ1v) is 9.00. The zero-order valence-electron chi connectivity index (χ0n) is 14.1. The molecule has 1 N–H and O–H groups in total. The summed E-state index contributed by atoms with van der Waals surface area (Å²) >= 11 is 1.61. The molecular weight excluding hydrogens is 324 g/mol. The van der Waals surface area contributed by atoms with Gasteiger partial charge in [0.1, 0.15) is 0 Å². The highest BCUT2D eigenvalue weighted by Gasteiger charge is 2.16. The molecule has 1 amide bonds. The monoisotopic (exact) mass is 346 g/mol. The molecule has 1 aliphatic rings. The smallest absolute Gasteiger partial charge is 0.230 e. The van der Waals surface area contributed by atoms with Crippen LogP contribution in [0.15, 0.2) is 18.2 Å². The molecule has 0 aliphatic heterocycles. The van der Waals surface area contributed by atoms with Gasteiger partial charge in [-0.3, -0.25) is 4.79 Å². The Hall–Kier alpha value is -2.08. The summed E-state index contributed by atoms with van der Waals surface area (Å²) in [6.07, 6.45) is 6.06. The molecule has 6 heteroatoms. The minimum Gasteiger partial charge on any atom is -0.493 e. The van der Waals surface area contributed by atoms with E-state index in [0.717, 1.165) is 18.4 Å². The summed E-state index contributed by atoms with van der Waals surface area (Å²) < 4.78 is 10.5. The van der Waals surface area contributed by atoms with E-state index < -0.39 is 0 Å². The maximum Gasteiger partial charge on any atom is 0.230 e. The minimum atomic E-state index is -0.0638. The normalized spacial score (nSPS) is 13.8. The molecule has 0 saturated carbocycles. The average Bonchev–Trinajstić information content (AvgIpc) is 2.82. The zero-order chi connectivity index (χ0) is 16.9. The molecule has 1 aromatic heterocycles. The number of methoxy groups -OCH3 is 2. The number of rotatable bonds is 5. The van der Waals surface area contributed by atoms with Gasteiger partial charge in [0.05, 0.1) is 26.3 Å². The van der Waals surface area contributed by atoms with Crippen LogP contribution in [0.5, 0.6) is 11.5 Å². The predicted octanol–water partition coefficient (Wildman–Crippen LogP) is 3.61. The topological polar surface area (TPSA) is 60.5 Å². The number of aryl methyl sites for hydroxylation is 2. The molecule has 3 rings (SSSR count). The second kappa shape index (κ2) is 7.66. The fourth-order valence-corrected chi connectivity index (χ4v) is 3.99. The summed E-state index contributed by atoms with van der Waals surface area (Å²) in [4.78, 5) is 18.2. The molecule has 0 unspecified atom stereocenters. The van der Waals surface area contributed by atoms with E-state index in [1.54, 1.807) is 25.6 Å². The predicted molar refractivity (Wildman–Crippen MR) is 95.3 cm³/mol. The zero-order valence-corrected chi connectivity index (χ0v) is 14.9. The van der Waals surface area contributed by atoms with Gasteiger partial charge in [-0.2, -0.15) is 0 Å². The average molecular weight is 346 g/mol. The van der Waals surface area contributed by atoms with E-state index >= 15 is 0 Å². The van der Waals surface area contributed by atoms with Crippen LogP contribution in [0.25, 0.3) is 0 Å². The van der Waals surface area contributed by atoms with Crippen LogP contribution < -0.4 is 14.8 Å². The standard InChI is InChI=1S/C18H22N2O3S/c1-22-14-9-8-12(10-15(14)23-2)11-17(21)20-18-19-13-6-4-3-5-7-16(13)24-18/h8-10H,3-7,11H2,1-2H3,(H,19,20,21).